The van der Waals surface area contributed by atoms with Gasteiger partial charge in [-0.05, 0) is 55.0 Å². The molecule has 1 aromatic carbocycles. The van der Waals surface area contributed by atoms with Crippen LogP contribution in [0.5, 0.6) is 0 Å². The third kappa shape index (κ3) is 3.58. The largest absolute Gasteiger partial charge is 0.375 e. The van der Waals surface area contributed by atoms with Crippen molar-refractivity contribution in [3.63, 3.8) is 0 Å². The quantitative estimate of drug-likeness (QED) is 0.319. The minimum atomic E-state index is 0.105. The van der Waals surface area contributed by atoms with Crippen molar-refractivity contribution in [2.45, 2.75) is 13.5 Å². The highest BCUT2D eigenvalue weighted by Crippen LogP contribution is 2.16. The van der Waals surface area contributed by atoms with Gasteiger partial charge in [0, 0.05) is 11.6 Å². The van der Waals surface area contributed by atoms with Crippen molar-refractivity contribution in [2.75, 3.05) is 0 Å². The minimum Gasteiger partial charge on any atom is -0.375 e. The summed E-state index contributed by atoms with van der Waals surface area (Å²) in [7, 11) is 0. The summed E-state index contributed by atoms with van der Waals surface area (Å²) in [6.07, 6.45) is 1.79. The van der Waals surface area contributed by atoms with Crippen LogP contribution < -0.4 is 11.2 Å². The molecule has 0 aliphatic heterocycles. The number of aromatic nitrogens is 5. The van der Waals surface area contributed by atoms with Crippen LogP contribution in [-0.2, 0) is 6.54 Å². The molecule has 0 saturated heterocycles. The highest BCUT2D eigenvalue weighted by molar-refractivity contribution is 7.80. The molecule has 3 N–H and O–H groups in total. The number of hydrogen-bond donors (Lipinski definition) is 2. The Morgan fingerprint density at radius 2 is 2.07 bits per heavy atom. The van der Waals surface area contributed by atoms with Gasteiger partial charge in [0.1, 0.15) is 5.52 Å². The van der Waals surface area contributed by atoms with Gasteiger partial charge in [0.05, 0.1) is 23.5 Å². The summed E-state index contributed by atoms with van der Waals surface area (Å²) < 4.78 is 1.77. The molecule has 0 aliphatic rings. The monoisotopic (exact) mass is 376 g/mol. The van der Waals surface area contributed by atoms with E-state index in [1.807, 2.05) is 43.3 Å². The molecule has 8 nitrogen and oxygen atoms in total. The van der Waals surface area contributed by atoms with Crippen molar-refractivity contribution in [2.24, 2.45) is 10.8 Å². The Morgan fingerprint density at radius 3 is 2.93 bits per heavy atom. The third-order valence-electron chi connectivity index (χ3n) is 4.06. The second kappa shape index (κ2) is 7.04. The maximum Gasteiger partial charge on any atom is 0.184 e. The molecule has 134 valence electrons. The summed E-state index contributed by atoms with van der Waals surface area (Å²) in [5.41, 5.74) is 12.8. The van der Waals surface area contributed by atoms with Gasteiger partial charge in [-0.25, -0.2) is 9.67 Å². The zero-order chi connectivity index (χ0) is 18.8. The summed E-state index contributed by atoms with van der Waals surface area (Å²) in [5.74, 6) is 0. The second-order valence-electron chi connectivity index (χ2n) is 5.99. The van der Waals surface area contributed by atoms with Crippen LogP contribution in [0.3, 0.4) is 0 Å². The van der Waals surface area contributed by atoms with Crippen molar-refractivity contribution in [3.8, 4) is 0 Å². The zero-order valence-corrected chi connectivity index (χ0v) is 15.3. The molecular weight excluding hydrogens is 360 g/mol. The van der Waals surface area contributed by atoms with Crippen molar-refractivity contribution in [1.29, 1.82) is 0 Å². The first-order chi connectivity index (χ1) is 13.1. The number of rotatable bonds is 4. The number of nitrogens with two attached hydrogens (primary N) is 1. The number of thiocarbonyl (C=S) groups is 1. The van der Waals surface area contributed by atoms with Gasteiger partial charge in [-0.2, -0.15) is 5.10 Å². The van der Waals surface area contributed by atoms with Gasteiger partial charge in [0.25, 0.3) is 0 Å². The van der Waals surface area contributed by atoms with Crippen LogP contribution in [0.4, 0.5) is 0 Å². The average Bonchev–Trinajstić information content (AvgIpc) is 3.08. The normalized spacial score (nSPS) is 11.8. The molecule has 0 unspecified atom stereocenters. The van der Waals surface area contributed by atoms with Gasteiger partial charge in [-0.3, -0.25) is 10.4 Å². The van der Waals surface area contributed by atoms with Gasteiger partial charge in [-0.1, -0.05) is 17.3 Å². The van der Waals surface area contributed by atoms with E-state index < -0.39 is 0 Å². The first kappa shape index (κ1) is 17.0. The van der Waals surface area contributed by atoms with Gasteiger partial charge in [-0.15, -0.1) is 5.10 Å². The van der Waals surface area contributed by atoms with E-state index in [0.717, 1.165) is 22.0 Å². The molecule has 9 heteroatoms. The Hall–Kier alpha value is -3.46. The maximum atomic E-state index is 5.41. The third-order valence-corrected chi connectivity index (χ3v) is 4.15. The van der Waals surface area contributed by atoms with E-state index >= 15 is 0 Å². The van der Waals surface area contributed by atoms with Crippen LogP contribution in [0.25, 0.3) is 22.1 Å². The lowest BCUT2D eigenvalue weighted by molar-refractivity contribution is 0.664. The van der Waals surface area contributed by atoms with E-state index in [2.05, 4.69) is 36.9 Å². The molecule has 4 rings (SSSR count). The first-order valence-corrected chi connectivity index (χ1v) is 8.65. The summed E-state index contributed by atoms with van der Waals surface area (Å²) in [5, 5.41) is 13.7. The van der Waals surface area contributed by atoms with Crippen molar-refractivity contribution in [1.82, 2.24) is 30.4 Å². The van der Waals surface area contributed by atoms with Crippen LogP contribution in [-0.4, -0.2) is 35.8 Å². The highest BCUT2D eigenvalue weighted by atomic mass is 32.1. The van der Waals surface area contributed by atoms with E-state index in [4.69, 9.17) is 18.0 Å². The van der Waals surface area contributed by atoms with Crippen molar-refractivity contribution >= 4 is 45.1 Å². The highest BCUT2D eigenvalue weighted by Gasteiger charge is 2.10. The van der Waals surface area contributed by atoms with Crippen LogP contribution >= 0.6 is 12.2 Å². The number of pyridine rings is 2. The Balaban J connectivity index is 1.67. The van der Waals surface area contributed by atoms with E-state index in [9.17, 15) is 0 Å². The molecule has 0 saturated carbocycles. The fraction of sp³-hybridized carbons (Fsp3) is 0.111. The lowest BCUT2D eigenvalue weighted by Crippen LogP contribution is -2.25. The summed E-state index contributed by atoms with van der Waals surface area (Å²) in [6.45, 7) is 2.38. The Morgan fingerprint density at radius 1 is 1.22 bits per heavy atom. The number of nitrogens with one attached hydrogen (secondary N) is 1. The molecule has 3 aromatic heterocycles. The molecule has 27 heavy (non-hydrogen) atoms. The van der Waals surface area contributed by atoms with E-state index in [0.29, 0.717) is 23.6 Å². The predicted molar refractivity (Wildman–Crippen MR) is 108 cm³/mol. The summed E-state index contributed by atoms with van der Waals surface area (Å²) in [4.78, 5) is 8.99. The summed E-state index contributed by atoms with van der Waals surface area (Å²) >= 11 is 4.76. The zero-order valence-electron chi connectivity index (χ0n) is 14.5. The van der Waals surface area contributed by atoms with Gasteiger partial charge in [0.2, 0.25) is 0 Å². The average molecular weight is 376 g/mol. The fourth-order valence-corrected chi connectivity index (χ4v) is 2.80. The number of fused-ring (bicyclic) bond motifs is 2. The molecule has 4 aromatic rings. The molecule has 3 heterocycles. The fourth-order valence-electron chi connectivity index (χ4n) is 2.75. The molecule has 0 fully saturated rings. The van der Waals surface area contributed by atoms with E-state index in [1.165, 1.54) is 0 Å². The van der Waals surface area contributed by atoms with Crippen molar-refractivity contribution < 1.29 is 0 Å². The predicted octanol–water partition coefficient (Wildman–Crippen LogP) is 1.98. The van der Waals surface area contributed by atoms with Gasteiger partial charge in [0.15, 0.2) is 10.8 Å². The van der Waals surface area contributed by atoms with E-state index in [1.54, 1.807) is 10.9 Å². The molecule has 0 radical (unpaired) electrons. The van der Waals surface area contributed by atoms with Gasteiger partial charge >= 0.3 is 0 Å². The van der Waals surface area contributed by atoms with Crippen LogP contribution in [0, 0.1) is 0 Å². The van der Waals surface area contributed by atoms with Crippen LogP contribution in [0.1, 0.15) is 18.2 Å². The Kier molecular flexibility index (Phi) is 4.43. The van der Waals surface area contributed by atoms with E-state index in [-0.39, 0.29) is 5.11 Å². The SMILES string of the molecule is C/C(=N/NC(N)=S)c1ccc2nnn(Cc3ccc4ncccc4c3)c2n1. The number of hydrogen-bond acceptors (Lipinski definition) is 6. The standard InChI is InChI=1S/C18H16N8S/c1-11(22-24-18(19)27)14-6-7-16-17(21-14)26(25-23-16)10-12-4-5-15-13(9-12)3-2-8-20-15/h2-9H,10H2,1H3,(H3,19,24,27)/b22-11-. The van der Waals surface area contributed by atoms with Gasteiger partial charge < -0.3 is 5.73 Å². The number of benzene rings is 1. The molecule has 0 bridgehead atoms. The van der Waals surface area contributed by atoms with Crippen LogP contribution in [0.2, 0.25) is 0 Å². The molecular formula is C18H16N8S. The van der Waals surface area contributed by atoms with Crippen molar-refractivity contribution in [3.05, 3.63) is 59.9 Å². The number of nitrogens with zero attached hydrogens (tertiary/aromatic N) is 6. The smallest absolute Gasteiger partial charge is 0.184 e. The van der Waals surface area contributed by atoms with Crippen LogP contribution in [0.15, 0.2) is 53.8 Å². The molecule has 0 spiro atoms. The summed E-state index contributed by atoms with van der Waals surface area (Å²) in [6, 6.07) is 13.8. The second-order valence-corrected chi connectivity index (χ2v) is 6.43. The number of hydrazone groups is 1. The Labute approximate surface area is 160 Å². The molecule has 0 aliphatic carbocycles. The minimum absolute atomic E-state index is 0.105. The Bertz CT molecular complexity index is 1180. The lowest BCUT2D eigenvalue weighted by atomic mass is 10.1. The maximum absolute atomic E-state index is 5.41. The molecule has 0 amide bonds. The lowest BCUT2D eigenvalue weighted by Gasteiger charge is -2.05. The first-order valence-electron chi connectivity index (χ1n) is 8.24. The molecule has 0 atom stereocenters. The topological polar surface area (TPSA) is 107 Å².